The van der Waals surface area contributed by atoms with Crippen LogP contribution in [0, 0.1) is 23.7 Å². The molecule has 0 aromatic carbocycles. The number of likely N-dealkylation sites (tertiary alicyclic amines) is 2. The topological polar surface area (TPSA) is 72.0 Å². The summed E-state index contributed by atoms with van der Waals surface area (Å²) < 4.78 is 12.4. The van der Waals surface area contributed by atoms with Crippen LogP contribution in [0.15, 0.2) is 36.7 Å². The maximum absolute atomic E-state index is 13.6. The molecule has 4 bridgehead atoms. The number of rotatable bonds is 3. The Hall–Kier alpha value is -2.25. The number of carbonyl (C=O) groups excluding carboxylic acids is 2. The Balaban J connectivity index is 1.14. The van der Waals surface area contributed by atoms with E-state index >= 15 is 0 Å². The van der Waals surface area contributed by atoms with E-state index in [0.29, 0.717) is 37.1 Å². The van der Waals surface area contributed by atoms with Crippen LogP contribution < -0.4 is 0 Å². The van der Waals surface area contributed by atoms with Crippen LogP contribution in [0.2, 0.25) is 0 Å². The molecule has 0 unspecified atom stereocenters. The van der Waals surface area contributed by atoms with Crippen molar-refractivity contribution in [2.45, 2.75) is 43.3 Å². The van der Waals surface area contributed by atoms with Crippen LogP contribution >= 0.6 is 0 Å². The van der Waals surface area contributed by atoms with Crippen molar-refractivity contribution in [1.82, 2.24) is 14.8 Å². The fourth-order valence-electron chi connectivity index (χ4n) is 7.06. The second kappa shape index (κ2) is 5.92. The van der Waals surface area contributed by atoms with Gasteiger partial charge in [-0.15, -0.1) is 0 Å². The summed E-state index contributed by atoms with van der Waals surface area (Å²) in [5.74, 6) is 0.258. The van der Waals surface area contributed by atoms with Crippen LogP contribution in [0.25, 0.3) is 0 Å². The molecule has 0 saturated carbocycles. The lowest BCUT2D eigenvalue weighted by Crippen LogP contribution is -2.45. The lowest BCUT2D eigenvalue weighted by molar-refractivity contribution is -0.143. The summed E-state index contributed by atoms with van der Waals surface area (Å²) in [5.41, 5.74) is 0.341. The first-order valence-corrected chi connectivity index (χ1v) is 11.1. The van der Waals surface area contributed by atoms with Crippen molar-refractivity contribution < 1.29 is 19.1 Å². The van der Waals surface area contributed by atoms with Crippen molar-refractivity contribution in [3.05, 3.63) is 42.2 Å². The first-order valence-electron chi connectivity index (χ1n) is 11.1. The van der Waals surface area contributed by atoms with Gasteiger partial charge in [-0.05, 0) is 24.5 Å². The number of pyridine rings is 1. The van der Waals surface area contributed by atoms with Crippen LogP contribution in [0.3, 0.4) is 0 Å². The molecule has 0 N–H and O–H groups in total. The molecule has 1 aromatic heterocycles. The van der Waals surface area contributed by atoms with Gasteiger partial charge in [-0.25, -0.2) is 0 Å². The molecule has 6 aliphatic heterocycles. The van der Waals surface area contributed by atoms with Crippen LogP contribution in [0.4, 0.5) is 0 Å². The number of nitrogens with zero attached hydrogens (tertiary/aromatic N) is 3. The smallest absolute Gasteiger partial charge is 0.230 e. The highest BCUT2D eigenvalue weighted by atomic mass is 16.5. The molecule has 2 amide bonds. The number of ether oxygens (including phenoxy) is 2. The van der Waals surface area contributed by atoms with Gasteiger partial charge in [-0.3, -0.25) is 14.6 Å². The van der Waals surface area contributed by atoms with Crippen molar-refractivity contribution >= 4 is 11.8 Å². The fourth-order valence-corrected chi connectivity index (χ4v) is 7.06. The van der Waals surface area contributed by atoms with Gasteiger partial charge in [-0.1, -0.05) is 18.2 Å². The Labute approximate surface area is 175 Å². The SMILES string of the molecule is O=C([C@@H]1[C@@H]2C=C[C@@]3(CN(Cc4cccnc4)C(=O)[C@@H]13)O2)N1C[C@@H]2[C@H](C1)[C@H]1CC[C@@H]2O1. The zero-order valence-electron chi connectivity index (χ0n) is 16.7. The fraction of sp³-hybridized carbons (Fsp3) is 0.609. The molecule has 0 radical (unpaired) electrons. The third-order valence-electron chi connectivity index (χ3n) is 8.32. The molecule has 0 aliphatic carbocycles. The quantitative estimate of drug-likeness (QED) is 0.699. The molecule has 156 valence electrons. The van der Waals surface area contributed by atoms with Crippen molar-refractivity contribution in [2.75, 3.05) is 19.6 Å². The van der Waals surface area contributed by atoms with Crippen molar-refractivity contribution in [1.29, 1.82) is 0 Å². The van der Waals surface area contributed by atoms with Gasteiger partial charge in [-0.2, -0.15) is 0 Å². The molecule has 1 spiro atoms. The van der Waals surface area contributed by atoms with Crippen LogP contribution in [-0.2, 0) is 25.6 Å². The molecule has 6 aliphatic rings. The number of aromatic nitrogens is 1. The van der Waals surface area contributed by atoms with Gasteiger partial charge in [0, 0.05) is 43.9 Å². The number of carbonyl (C=O) groups is 2. The Kier molecular flexibility index (Phi) is 3.44. The molecule has 7 heteroatoms. The highest BCUT2D eigenvalue weighted by Gasteiger charge is 2.67. The Bertz CT molecular complexity index is 933. The molecule has 5 fully saturated rings. The van der Waals surface area contributed by atoms with Crippen LogP contribution in [-0.4, -0.2) is 70.1 Å². The summed E-state index contributed by atoms with van der Waals surface area (Å²) in [6.07, 6.45) is 10.2. The van der Waals surface area contributed by atoms with Gasteiger partial charge in [0.25, 0.3) is 0 Å². The first kappa shape index (κ1) is 17.4. The van der Waals surface area contributed by atoms with Gasteiger partial charge in [0.1, 0.15) is 5.60 Å². The van der Waals surface area contributed by atoms with E-state index in [-0.39, 0.29) is 17.9 Å². The molecule has 8 atom stereocenters. The summed E-state index contributed by atoms with van der Waals surface area (Å²) in [7, 11) is 0. The summed E-state index contributed by atoms with van der Waals surface area (Å²) in [5, 5.41) is 0. The monoisotopic (exact) mass is 407 g/mol. The maximum Gasteiger partial charge on any atom is 0.230 e. The molecular formula is C23H25N3O4. The van der Waals surface area contributed by atoms with Crippen molar-refractivity contribution in [2.24, 2.45) is 23.7 Å². The predicted octanol–water partition coefficient (Wildman–Crippen LogP) is 0.999. The lowest BCUT2D eigenvalue weighted by atomic mass is 9.76. The molecule has 7 rings (SSSR count). The van der Waals surface area contributed by atoms with E-state index in [9.17, 15) is 9.59 Å². The van der Waals surface area contributed by atoms with Crippen LogP contribution in [0.1, 0.15) is 18.4 Å². The summed E-state index contributed by atoms with van der Waals surface area (Å²) in [4.78, 5) is 35.1. The molecule has 7 heterocycles. The number of hydrogen-bond acceptors (Lipinski definition) is 5. The van der Waals surface area contributed by atoms with Gasteiger partial charge in [0.05, 0.1) is 36.7 Å². The van der Waals surface area contributed by atoms with E-state index in [0.717, 1.165) is 31.5 Å². The van der Waals surface area contributed by atoms with Crippen molar-refractivity contribution in [3.8, 4) is 0 Å². The largest absolute Gasteiger partial charge is 0.374 e. The van der Waals surface area contributed by atoms with Crippen molar-refractivity contribution in [3.63, 3.8) is 0 Å². The zero-order valence-corrected chi connectivity index (χ0v) is 16.7. The van der Waals surface area contributed by atoms with Gasteiger partial charge in [0.2, 0.25) is 11.8 Å². The molecule has 5 saturated heterocycles. The lowest BCUT2D eigenvalue weighted by Gasteiger charge is -2.28. The predicted molar refractivity (Wildman–Crippen MR) is 105 cm³/mol. The number of hydrogen-bond donors (Lipinski definition) is 0. The molecule has 1 aromatic rings. The molecule has 7 nitrogen and oxygen atoms in total. The third kappa shape index (κ3) is 2.20. The summed E-state index contributed by atoms with van der Waals surface area (Å²) >= 11 is 0. The van der Waals surface area contributed by atoms with E-state index in [1.165, 1.54) is 0 Å². The summed E-state index contributed by atoms with van der Waals surface area (Å²) in [6.45, 7) is 2.55. The van der Waals surface area contributed by atoms with Gasteiger partial charge < -0.3 is 19.3 Å². The average Bonchev–Trinajstić information content (AvgIpc) is 3.56. The Morgan fingerprint density at radius 3 is 2.77 bits per heavy atom. The minimum absolute atomic E-state index is 0.0341. The van der Waals surface area contributed by atoms with Crippen LogP contribution in [0.5, 0.6) is 0 Å². The molecular weight excluding hydrogens is 382 g/mol. The summed E-state index contributed by atoms with van der Waals surface area (Å²) in [6, 6.07) is 3.85. The maximum atomic E-state index is 13.6. The van der Waals surface area contributed by atoms with Gasteiger partial charge in [0.15, 0.2) is 0 Å². The normalized spacial score (nSPS) is 44.9. The van der Waals surface area contributed by atoms with E-state index in [2.05, 4.69) is 4.98 Å². The molecule has 30 heavy (non-hydrogen) atoms. The van der Waals surface area contributed by atoms with E-state index in [4.69, 9.17) is 9.47 Å². The second-order valence-electron chi connectivity index (χ2n) is 9.82. The third-order valence-corrected chi connectivity index (χ3v) is 8.32. The minimum atomic E-state index is -0.651. The highest BCUT2D eigenvalue weighted by molar-refractivity contribution is 5.93. The standard InChI is InChI=1S/C23H25N3O4/c27-21(25-10-14-15(11-25)17-4-3-16(14)29-17)19-18-5-6-23(30-18)12-26(22(28)20(19)23)9-13-2-1-7-24-8-13/h1-2,5-8,14-20H,3-4,9-12H2/t14-,15+,16+,17-,18-,19+,20+,23-/m0/s1. The second-order valence-corrected chi connectivity index (χ2v) is 9.82. The van der Waals surface area contributed by atoms with E-state index in [1.807, 2.05) is 34.1 Å². The van der Waals surface area contributed by atoms with E-state index < -0.39 is 17.4 Å². The minimum Gasteiger partial charge on any atom is -0.374 e. The first-order chi connectivity index (χ1) is 14.6. The number of fused-ring (bicyclic) bond motifs is 6. The average molecular weight is 407 g/mol. The van der Waals surface area contributed by atoms with E-state index in [1.54, 1.807) is 12.4 Å². The zero-order chi connectivity index (χ0) is 20.0. The highest BCUT2D eigenvalue weighted by Crippen LogP contribution is 2.54. The Morgan fingerprint density at radius 2 is 2.03 bits per heavy atom. The number of amides is 2. The Morgan fingerprint density at radius 1 is 1.23 bits per heavy atom. The van der Waals surface area contributed by atoms with Gasteiger partial charge >= 0.3 is 0 Å².